The van der Waals surface area contributed by atoms with Crippen LogP contribution in [0, 0.1) is 0 Å². The van der Waals surface area contributed by atoms with Gasteiger partial charge in [0.25, 0.3) is 0 Å². The van der Waals surface area contributed by atoms with E-state index >= 15 is 0 Å². The normalized spacial score (nSPS) is 15.1. The Balaban J connectivity index is 1.83. The van der Waals surface area contributed by atoms with Crippen molar-refractivity contribution >= 4 is 27.9 Å². The Morgan fingerprint density at radius 2 is 1.30 bits per heavy atom. The molecule has 0 saturated carbocycles. The molecule has 0 spiro atoms. The highest BCUT2D eigenvalue weighted by Gasteiger charge is 2.35. The zero-order valence-corrected chi connectivity index (χ0v) is 16.8. The molecule has 0 aliphatic heterocycles. The van der Waals surface area contributed by atoms with E-state index in [4.69, 9.17) is 4.74 Å². The molecule has 0 bridgehead atoms. The van der Waals surface area contributed by atoms with Crippen molar-refractivity contribution in [3.63, 3.8) is 0 Å². The Morgan fingerprint density at radius 1 is 0.767 bits per heavy atom. The highest BCUT2D eigenvalue weighted by atomic mass is 16.5. The average Bonchev–Trinajstić information content (AvgIpc) is 3.17. The molecule has 1 aliphatic carbocycles. The maximum Gasteiger partial charge on any atom is 0.313 e. The number of allylic oxidation sites excluding steroid dienone is 1. The Morgan fingerprint density at radius 3 is 1.87 bits per heavy atom. The van der Waals surface area contributed by atoms with E-state index in [0.717, 1.165) is 27.6 Å². The minimum absolute atomic E-state index is 0.179. The molecule has 4 aromatic carbocycles. The highest BCUT2D eigenvalue weighted by molar-refractivity contribution is 6.05. The Hall–Kier alpha value is -3.65. The number of hydrogen-bond donors (Lipinski definition) is 0. The highest BCUT2D eigenvalue weighted by Crippen LogP contribution is 2.48. The number of carbonyl (C=O) groups is 1. The fourth-order valence-electron chi connectivity index (χ4n) is 4.55. The number of hydrogen-bond acceptors (Lipinski definition) is 2. The van der Waals surface area contributed by atoms with Gasteiger partial charge in [-0.3, -0.25) is 4.79 Å². The van der Waals surface area contributed by atoms with E-state index in [0.29, 0.717) is 6.42 Å². The largest absolute Gasteiger partial charge is 0.469 e. The van der Waals surface area contributed by atoms with Crippen LogP contribution in [0.15, 0.2) is 97.1 Å². The summed E-state index contributed by atoms with van der Waals surface area (Å²) in [5.41, 5.74) is 6.89. The van der Waals surface area contributed by atoms with Gasteiger partial charge in [0.05, 0.1) is 13.0 Å². The molecule has 2 nitrogen and oxygen atoms in total. The summed E-state index contributed by atoms with van der Waals surface area (Å²) >= 11 is 0. The first-order valence-electron chi connectivity index (χ1n) is 10.2. The predicted octanol–water partition coefficient (Wildman–Crippen LogP) is 6.46. The zero-order chi connectivity index (χ0) is 20.5. The molecule has 0 fully saturated rings. The van der Waals surface area contributed by atoms with Gasteiger partial charge in [-0.2, -0.15) is 0 Å². The van der Waals surface area contributed by atoms with E-state index in [1.54, 1.807) is 0 Å². The second kappa shape index (κ2) is 7.64. The molecule has 0 radical (unpaired) electrons. The van der Waals surface area contributed by atoms with Crippen molar-refractivity contribution in [1.82, 2.24) is 0 Å². The van der Waals surface area contributed by atoms with E-state index in [9.17, 15) is 4.79 Å². The maximum atomic E-state index is 12.7. The summed E-state index contributed by atoms with van der Waals surface area (Å²) in [5, 5.41) is 2.33. The smallest absolute Gasteiger partial charge is 0.313 e. The SMILES string of the molecule is COC(=O)C1CC(=C(c2ccccc2)c2ccccc2)c2cc3ccccc3cc21. The van der Waals surface area contributed by atoms with Crippen LogP contribution in [-0.2, 0) is 9.53 Å². The maximum absolute atomic E-state index is 12.7. The summed E-state index contributed by atoms with van der Waals surface area (Å²) in [7, 11) is 1.47. The molecule has 2 heteroatoms. The number of benzene rings is 4. The number of rotatable bonds is 3. The lowest BCUT2D eigenvalue weighted by Crippen LogP contribution is -2.11. The van der Waals surface area contributed by atoms with E-state index in [1.807, 2.05) is 18.2 Å². The minimum atomic E-state index is -0.285. The lowest BCUT2D eigenvalue weighted by atomic mass is 9.89. The third-order valence-electron chi connectivity index (χ3n) is 5.94. The summed E-state index contributed by atoms with van der Waals surface area (Å²) < 4.78 is 5.18. The van der Waals surface area contributed by atoms with Gasteiger partial charge in [0, 0.05) is 0 Å². The van der Waals surface area contributed by atoms with E-state index in [-0.39, 0.29) is 11.9 Å². The third-order valence-corrected chi connectivity index (χ3v) is 5.94. The Kier molecular flexibility index (Phi) is 4.68. The van der Waals surface area contributed by atoms with Crippen LogP contribution in [0.2, 0.25) is 0 Å². The van der Waals surface area contributed by atoms with Crippen molar-refractivity contribution in [3.8, 4) is 0 Å². The zero-order valence-electron chi connectivity index (χ0n) is 16.8. The number of methoxy groups -OCH3 is 1. The van der Waals surface area contributed by atoms with Crippen molar-refractivity contribution in [2.75, 3.05) is 7.11 Å². The second-order valence-electron chi connectivity index (χ2n) is 7.65. The van der Waals surface area contributed by atoms with Gasteiger partial charge in [0.2, 0.25) is 0 Å². The van der Waals surface area contributed by atoms with Crippen molar-refractivity contribution in [2.24, 2.45) is 0 Å². The molecule has 0 aromatic heterocycles. The van der Waals surface area contributed by atoms with Gasteiger partial charge in [0.1, 0.15) is 0 Å². The predicted molar refractivity (Wildman–Crippen MR) is 122 cm³/mol. The van der Waals surface area contributed by atoms with Gasteiger partial charge >= 0.3 is 5.97 Å². The molecule has 1 atom stereocenters. The van der Waals surface area contributed by atoms with Gasteiger partial charge in [-0.05, 0) is 62.7 Å². The molecule has 146 valence electrons. The number of carbonyl (C=O) groups excluding carboxylic acids is 1. The number of ether oxygens (including phenoxy) is 1. The monoisotopic (exact) mass is 390 g/mol. The summed E-state index contributed by atoms with van der Waals surface area (Å²) in [6, 6.07) is 33.6. The minimum Gasteiger partial charge on any atom is -0.469 e. The van der Waals surface area contributed by atoms with E-state index in [1.165, 1.54) is 23.6 Å². The molecule has 0 saturated heterocycles. The van der Waals surface area contributed by atoms with Crippen LogP contribution in [0.4, 0.5) is 0 Å². The van der Waals surface area contributed by atoms with Gasteiger partial charge in [-0.25, -0.2) is 0 Å². The number of esters is 1. The van der Waals surface area contributed by atoms with Gasteiger partial charge in [-0.15, -0.1) is 0 Å². The Bertz CT molecular complexity index is 1210. The molecule has 1 aliphatic rings. The Labute approximate surface area is 176 Å². The quantitative estimate of drug-likeness (QED) is 0.375. The molecule has 30 heavy (non-hydrogen) atoms. The first kappa shape index (κ1) is 18.4. The van der Waals surface area contributed by atoms with Crippen LogP contribution in [0.5, 0.6) is 0 Å². The molecule has 0 N–H and O–H groups in total. The van der Waals surface area contributed by atoms with E-state index in [2.05, 4.69) is 78.9 Å². The lowest BCUT2D eigenvalue weighted by Gasteiger charge is -2.14. The first-order chi connectivity index (χ1) is 14.8. The van der Waals surface area contributed by atoms with Crippen molar-refractivity contribution in [2.45, 2.75) is 12.3 Å². The number of fused-ring (bicyclic) bond motifs is 2. The van der Waals surface area contributed by atoms with Gasteiger partial charge in [-0.1, -0.05) is 84.9 Å². The molecule has 1 unspecified atom stereocenters. The van der Waals surface area contributed by atoms with Crippen LogP contribution in [0.1, 0.15) is 34.6 Å². The van der Waals surface area contributed by atoms with Gasteiger partial charge < -0.3 is 4.74 Å². The fraction of sp³-hybridized carbons (Fsp3) is 0.107. The van der Waals surface area contributed by atoms with Crippen molar-refractivity contribution in [1.29, 1.82) is 0 Å². The van der Waals surface area contributed by atoms with Crippen LogP contribution >= 0.6 is 0 Å². The summed E-state index contributed by atoms with van der Waals surface area (Å²) in [6.45, 7) is 0. The first-order valence-corrected chi connectivity index (χ1v) is 10.2. The average molecular weight is 390 g/mol. The summed E-state index contributed by atoms with van der Waals surface area (Å²) in [4.78, 5) is 12.7. The lowest BCUT2D eigenvalue weighted by molar-refractivity contribution is -0.142. The summed E-state index contributed by atoms with van der Waals surface area (Å²) in [5.74, 6) is -0.464. The third kappa shape index (κ3) is 3.11. The van der Waals surface area contributed by atoms with E-state index < -0.39 is 0 Å². The van der Waals surface area contributed by atoms with Gasteiger partial charge in [0.15, 0.2) is 0 Å². The second-order valence-corrected chi connectivity index (χ2v) is 7.65. The standard InChI is InChI=1S/C28H22O2/c1-30-28(29)26-18-25(23-16-21-14-8-9-15-22(21)17-24(23)26)27(19-10-4-2-5-11-19)20-12-6-3-7-13-20/h2-17,26H,18H2,1H3. The fourth-order valence-corrected chi connectivity index (χ4v) is 4.55. The molecule has 5 rings (SSSR count). The molecular weight excluding hydrogens is 368 g/mol. The summed E-state index contributed by atoms with van der Waals surface area (Å²) in [6.07, 6.45) is 0.636. The van der Waals surface area contributed by atoms with Crippen LogP contribution in [-0.4, -0.2) is 13.1 Å². The molecule has 4 aromatic rings. The molecule has 0 heterocycles. The van der Waals surface area contributed by atoms with Crippen molar-refractivity contribution < 1.29 is 9.53 Å². The van der Waals surface area contributed by atoms with Crippen LogP contribution < -0.4 is 0 Å². The van der Waals surface area contributed by atoms with Crippen LogP contribution in [0.25, 0.3) is 21.9 Å². The topological polar surface area (TPSA) is 26.3 Å². The van der Waals surface area contributed by atoms with Crippen molar-refractivity contribution in [3.05, 3.63) is 119 Å². The molecular formula is C28H22O2. The van der Waals surface area contributed by atoms with Crippen LogP contribution in [0.3, 0.4) is 0 Å². The molecule has 0 amide bonds.